The fraction of sp³-hybridized carbons (Fsp3) is 0.200. The molecule has 0 aliphatic heterocycles. The van der Waals surface area contributed by atoms with Gasteiger partial charge in [0, 0.05) is 24.9 Å². The van der Waals surface area contributed by atoms with Gasteiger partial charge in [-0.25, -0.2) is 12.8 Å². The highest BCUT2D eigenvalue weighted by molar-refractivity contribution is 7.90. The summed E-state index contributed by atoms with van der Waals surface area (Å²) in [5.74, 6) is -0.359. The zero-order chi connectivity index (χ0) is 15.5. The number of hydrogen-bond donors (Lipinski definition) is 2. The average molecular weight is 308 g/mol. The van der Waals surface area contributed by atoms with Gasteiger partial charge in [0.05, 0.1) is 10.6 Å². The van der Waals surface area contributed by atoms with E-state index < -0.39 is 9.84 Å². The quantitative estimate of drug-likeness (QED) is 0.889. The number of benzene rings is 2. The molecule has 0 aliphatic carbocycles. The van der Waals surface area contributed by atoms with E-state index in [2.05, 4.69) is 5.32 Å². The van der Waals surface area contributed by atoms with Crippen molar-refractivity contribution in [1.29, 1.82) is 0 Å². The lowest BCUT2D eigenvalue weighted by atomic mass is 10.1. The zero-order valence-electron chi connectivity index (χ0n) is 11.6. The Morgan fingerprint density at radius 1 is 1.19 bits per heavy atom. The summed E-state index contributed by atoms with van der Waals surface area (Å²) in [5.41, 5.74) is 7.08. The first kappa shape index (κ1) is 15.5. The smallest absolute Gasteiger partial charge is 0.177 e. The number of hydrogen-bond acceptors (Lipinski definition) is 4. The van der Waals surface area contributed by atoms with E-state index >= 15 is 0 Å². The molecule has 6 heteroatoms. The zero-order valence-corrected chi connectivity index (χ0v) is 12.5. The molecular formula is C15H17FN2O2S. The molecule has 2 rings (SSSR count). The van der Waals surface area contributed by atoms with E-state index in [0.29, 0.717) is 16.8 Å². The number of nitrogens with one attached hydrogen (secondary N) is 1. The summed E-state index contributed by atoms with van der Waals surface area (Å²) in [6.07, 6.45) is 1.14. The molecule has 0 bridgehead atoms. The lowest BCUT2D eigenvalue weighted by molar-refractivity contribution is 0.602. The summed E-state index contributed by atoms with van der Waals surface area (Å²) in [5, 5.41) is 2.96. The molecule has 0 saturated heterocycles. The normalized spacial score (nSPS) is 11.4. The first-order valence-corrected chi connectivity index (χ1v) is 8.31. The summed E-state index contributed by atoms with van der Waals surface area (Å²) in [6.45, 7) is 0.477. The van der Waals surface area contributed by atoms with Crippen LogP contribution >= 0.6 is 0 Å². The molecule has 0 fully saturated rings. The third-order valence-electron chi connectivity index (χ3n) is 3.11. The van der Waals surface area contributed by atoms with Gasteiger partial charge < -0.3 is 11.1 Å². The summed E-state index contributed by atoms with van der Waals surface area (Å²) >= 11 is 0. The van der Waals surface area contributed by atoms with Gasteiger partial charge in [-0.3, -0.25) is 0 Å². The molecule has 21 heavy (non-hydrogen) atoms. The van der Waals surface area contributed by atoms with Gasteiger partial charge in [-0.15, -0.1) is 0 Å². The third-order valence-corrected chi connectivity index (χ3v) is 4.26. The van der Waals surface area contributed by atoms with Crippen molar-refractivity contribution in [2.24, 2.45) is 5.73 Å². The molecule has 0 aliphatic rings. The maximum Gasteiger partial charge on any atom is 0.177 e. The van der Waals surface area contributed by atoms with Crippen molar-refractivity contribution >= 4 is 15.5 Å². The van der Waals surface area contributed by atoms with Crippen LogP contribution in [0.1, 0.15) is 11.1 Å². The number of sulfone groups is 1. The van der Waals surface area contributed by atoms with Gasteiger partial charge in [-0.2, -0.15) is 0 Å². The van der Waals surface area contributed by atoms with Gasteiger partial charge in [0.2, 0.25) is 0 Å². The molecule has 0 radical (unpaired) electrons. The van der Waals surface area contributed by atoms with Crippen LogP contribution in [-0.2, 0) is 22.9 Å². The minimum atomic E-state index is -3.33. The first-order valence-electron chi connectivity index (χ1n) is 6.42. The number of nitrogens with two attached hydrogens (primary N) is 1. The van der Waals surface area contributed by atoms with Crippen LogP contribution in [-0.4, -0.2) is 14.7 Å². The first-order chi connectivity index (χ1) is 9.91. The van der Waals surface area contributed by atoms with E-state index in [1.807, 2.05) is 0 Å². The van der Waals surface area contributed by atoms with Gasteiger partial charge in [0.25, 0.3) is 0 Å². The lowest BCUT2D eigenvalue weighted by Gasteiger charge is -2.11. The van der Waals surface area contributed by atoms with Crippen molar-refractivity contribution in [3.05, 3.63) is 59.4 Å². The SMILES string of the molecule is CS(=O)(=O)c1ccccc1NCc1ccc(CN)cc1F. The monoisotopic (exact) mass is 308 g/mol. The molecule has 0 unspecified atom stereocenters. The summed E-state index contributed by atoms with van der Waals surface area (Å²) in [6, 6.07) is 11.3. The van der Waals surface area contributed by atoms with Crippen molar-refractivity contribution in [2.45, 2.75) is 18.0 Å². The van der Waals surface area contributed by atoms with Gasteiger partial charge in [0.15, 0.2) is 9.84 Å². The maximum atomic E-state index is 13.9. The van der Waals surface area contributed by atoms with Crippen LogP contribution in [0, 0.1) is 5.82 Å². The molecule has 3 N–H and O–H groups in total. The Labute approximate surface area is 123 Å². The van der Waals surface area contributed by atoms with Crippen LogP contribution in [0.15, 0.2) is 47.4 Å². The Kier molecular flexibility index (Phi) is 4.59. The van der Waals surface area contributed by atoms with E-state index in [-0.39, 0.29) is 23.8 Å². The Hall–Kier alpha value is -1.92. The second kappa shape index (κ2) is 6.24. The van der Waals surface area contributed by atoms with Crippen molar-refractivity contribution in [3.8, 4) is 0 Å². The van der Waals surface area contributed by atoms with Crippen molar-refractivity contribution in [1.82, 2.24) is 0 Å². The van der Waals surface area contributed by atoms with Crippen molar-refractivity contribution in [2.75, 3.05) is 11.6 Å². The highest BCUT2D eigenvalue weighted by Gasteiger charge is 2.12. The van der Waals surface area contributed by atoms with Gasteiger partial charge in [-0.1, -0.05) is 24.3 Å². The van der Waals surface area contributed by atoms with Gasteiger partial charge in [-0.05, 0) is 23.8 Å². The minimum absolute atomic E-state index is 0.198. The highest BCUT2D eigenvalue weighted by atomic mass is 32.2. The number of rotatable bonds is 5. The number of para-hydroxylation sites is 1. The standard InChI is InChI=1S/C15H17FN2O2S/c1-21(19,20)15-5-3-2-4-14(15)18-10-12-7-6-11(9-17)8-13(12)16/h2-8,18H,9-10,17H2,1H3. The predicted octanol–water partition coefficient (Wildman–Crippen LogP) is 2.30. The molecular weight excluding hydrogens is 291 g/mol. The van der Waals surface area contributed by atoms with Crippen LogP contribution in [0.4, 0.5) is 10.1 Å². The summed E-state index contributed by atoms with van der Waals surface area (Å²) < 4.78 is 37.2. The number of anilines is 1. The lowest BCUT2D eigenvalue weighted by Crippen LogP contribution is -2.07. The van der Waals surface area contributed by atoms with E-state index in [4.69, 9.17) is 5.73 Å². The molecule has 0 saturated carbocycles. The van der Waals surface area contributed by atoms with Gasteiger partial charge in [0.1, 0.15) is 5.82 Å². The predicted molar refractivity (Wildman–Crippen MR) is 81.2 cm³/mol. The fourth-order valence-corrected chi connectivity index (χ4v) is 2.85. The topological polar surface area (TPSA) is 72.2 Å². The molecule has 2 aromatic rings. The second-order valence-electron chi connectivity index (χ2n) is 4.75. The van der Waals surface area contributed by atoms with Crippen LogP contribution in [0.2, 0.25) is 0 Å². The highest BCUT2D eigenvalue weighted by Crippen LogP contribution is 2.21. The molecule has 0 atom stereocenters. The van der Waals surface area contributed by atoms with E-state index in [1.165, 1.54) is 12.1 Å². The van der Waals surface area contributed by atoms with Crippen molar-refractivity contribution < 1.29 is 12.8 Å². The second-order valence-corrected chi connectivity index (χ2v) is 6.74. The van der Waals surface area contributed by atoms with Gasteiger partial charge >= 0.3 is 0 Å². The average Bonchev–Trinajstić information content (AvgIpc) is 2.45. The molecule has 2 aromatic carbocycles. The fourth-order valence-electron chi connectivity index (χ4n) is 1.99. The summed E-state index contributed by atoms with van der Waals surface area (Å²) in [4.78, 5) is 0.198. The molecule has 4 nitrogen and oxygen atoms in total. The Morgan fingerprint density at radius 3 is 2.52 bits per heavy atom. The minimum Gasteiger partial charge on any atom is -0.380 e. The van der Waals surface area contributed by atoms with Crippen LogP contribution in [0.5, 0.6) is 0 Å². The molecule has 0 spiro atoms. The van der Waals surface area contributed by atoms with Crippen LogP contribution < -0.4 is 11.1 Å². The Morgan fingerprint density at radius 2 is 1.90 bits per heavy atom. The summed E-state index contributed by atoms with van der Waals surface area (Å²) in [7, 11) is -3.33. The van der Waals surface area contributed by atoms with E-state index in [9.17, 15) is 12.8 Å². The van der Waals surface area contributed by atoms with E-state index in [0.717, 1.165) is 6.26 Å². The van der Waals surface area contributed by atoms with Crippen LogP contribution in [0.25, 0.3) is 0 Å². The third kappa shape index (κ3) is 3.80. The maximum absolute atomic E-state index is 13.9. The molecule has 0 aromatic heterocycles. The Balaban J connectivity index is 2.21. The molecule has 0 heterocycles. The van der Waals surface area contributed by atoms with E-state index in [1.54, 1.807) is 30.3 Å². The largest absolute Gasteiger partial charge is 0.380 e. The van der Waals surface area contributed by atoms with Crippen molar-refractivity contribution in [3.63, 3.8) is 0 Å². The molecule has 0 amide bonds. The number of halogens is 1. The Bertz CT molecular complexity index is 745. The molecule has 112 valence electrons. The van der Waals surface area contributed by atoms with Crippen LogP contribution in [0.3, 0.4) is 0 Å².